The molecule has 1 aromatic carbocycles. The van der Waals surface area contributed by atoms with E-state index in [9.17, 15) is 28.1 Å². The highest BCUT2D eigenvalue weighted by Gasteiger charge is 2.40. The summed E-state index contributed by atoms with van der Waals surface area (Å²) in [6.45, 7) is 0. The van der Waals surface area contributed by atoms with Gasteiger partial charge >= 0.3 is 6.18 Å². The van der Waals surface area contributed by atoms with Gasteiger partial charge in [-0.05, 0) is 34.7 Å². The first-order chi connectivity index (χ1) is 8.18. The van der Waals surface area contributed by atoms with Gasteiger partial charge in [-0.2, -0.15) is 13.2 Å². The lowest BCUT2D eigenvalue weighted by Crippen LogP contribution is -2.13. The van der Waals surface area contributed by atoms with Crippen LogP contribution in [0.1, 0.15) is 15.9 Å². The summed E-state index contributed by atoms with van der Waals surface area (Å²) < 4.78 is 37.9. The van der Waals surface area contributed by atoms with Crippen LogP contribution in [0.5, 0.6) is 0 Å². The van der Waals surface area contributed by atoms with Gasteiger partial charge in [-0.1, -0.05) is 15.9 Å². The average molecular weight is 438 g/mol. The van der Waals surface area contributed by atoms with Gasteiger partial charge in [-0.25, -0.2) is 0 Å². The van der Waals surface area contributed by atoms with Crippen LogP contribution in [0.2, 0.25) is 0 Å². The second kappa shape index (κ2) is 5.51. The molecule has 98 valence electrons. The molecule has 0 unspecified atom stereocenters. The number of hydrogen-bond acceptors (Lipinski definition) is 3. The molecule has 0 aliphatic rings. The topological polar surface area (TPSA) is 60.2 Å². The predicted octanol–water partition coefficient (Wildman–Crippen LogP) is 3.80. The predicted molar refractivity (Wildman–Crippen MR) is 68.9 cm³/mol. The van der Waals surface area contributed by atoms with Gasteiger partial charge in [0, 0.05) is 5.56 Å². The fourth-order valence-corrected chi connectivity index (χ4v) is 2.39. The number of Topliss-reactive ketones (excluding diaryl/α,β-unsaturated/α-hetero) is 1. The smallest absolute Gasteiger partial charge is 0.293 e. The summed E-state index contributed by atoms with van der Waals surface area (Å²) in [5, 5.41) is 10.5. The van der Waals surface area contributed by atoms with E-state index >= 15 is 0 Å². The standard InChI is InChI=1S/C9H4BrF3INO3/c10-3-7(16)4-1-5(9(11,12)13)8(15(17)18)6(14)2-4/h1-2H,3H2. The molecule has 0 fully saturated rings. The molecule has 0 heterocycles. The van der Waals surface area contributed by atoms with E-state index in [4.69, 9.17) is 0 Å². The molecule has 0 saturated heterocycles. The Balaban J connectivity index is 3.57. The Kier molecular flexibility index (Phi) is 4.70. The monoisotopic (exact) mass is 437 g/mol. The third-order valence-electron chi connectivity index (χ3n) is 1.99. The number of carbonyl (C=O) groups is 1. The number of hydrogen-bond donors (Lipinski definition) is 0. The molecule has 0 aliphatic carbocycles. The molecule has 18 heavy (non-hydrogen) atoms. The first-order valence-corrected chi connectivity index (χ1v) is 6.52. The van der Waals surface area contributed by atoms with Crippen molar-refractivity contribution in [2.45, 2.75) is 6.18 Å². The maximum absolute atomic E-state index is 12.7. The van der Waals surface area contributed by atoms with E-state index in [1.165, 1.54) is 22.6 Å². The Hall–Kier alpha value is -0.710. The van der Waals surface area contributed by atoms with E-state index in [1.807, 2.05) is 0 Å². The van der Waals surface area contributed by atoms with Gasteiger partial charge in [0.25, 0.3) is 5.69 Å². The van der Waals surface area contributed by atoms with E-state index in [1.54, 1.807) is 0 Å². The van der Waals surface area contributed by atoms with Crippen molar-refractivity contribution >= 4 is 50.0 Å². The molecule has 0 saturated carbocycles. The molecule has 0 aromatic heterocycles. The van der Waals surface area contributed by atoms with Crippen molar-refractivity contribution in [3.05, 3.63) is 36.9 Å². The Morgan fingerprint density at radius 1 is 1.44 bits per heavy atom. The quantitative estimate of drug-likeness (QED) is 0.237. The van der Waals surface area contributed by atoms with Crippen LogP contribution < -0.4 is 0 Å². The molecular formula is C9H4BrF3INO3. The number of halogens is 5. The summed E-state index contributed by atoms with van der Waals surface area (Å²) in [5.74, 6) is -0.576. The number of carbonyl (C=O) groups excluding carboxylic acids is 1. The van der Waals surface area contributed by atoms with Crippen LogP contribution in [-0.4, -0.2) is 16.0 Å². The van der Waals surface area contributed by atoms with Crippen molar-refractivity contribution in [2.75, 3.05) is 5.33 Å². The zero-order valence-electron chi connectivity index (χ0n) is 8.42. The Morgan fingerprint density at radius 2 is 2.00 bits per heavy atom. The summed E-state index contributed by atoms with van der Waals surface area (Å²) in [4.78, 5) is 20.9. The van der Waals surface area contributed by atoms with Gasteiger partial charge in [-0.3, -0.25) is 14.9 Å². The number of ketones is 1. The maximum atomic E-state index is 12.7. The van der Waals surface area contributed by atoms with Gasteiger partial charge in [-0.15, -0.1) is 0 Å². The highest BCUT2D eigenvalue weighted by molar-refractivity contribution is 14.1. The molecule has 1 aromatic rings. The fraction of sp³-hybridized carbons (Fsp3) is 0.222. The van der Waals surface area contributed by atoms with Crippen molar-refractivity contribution < 1.29 is 22.9 Å². The van der Waals surface area contributed by atoms with Gasteiger partial charge in [0.05, 0.1) is 13.8 Å². The lowest BCUT2D eigenvalue weighted by Gasteiger charge is -2.10. The minimum Gasteiger partial charge on any atom is -0.293 e. The molecular weight excluding hydrogens is 434 g/mol. The SMILES string of the molecule is O=C(CBr)c1cc(I)c([N+](=O)[O-])c(C(F)(F)F)c1. The highest BCUT2D eigenvalue weighted by Crippen LogP contribution is 2.39. The maximum Gasteiger partial charge on any atom is 0.423 e. The average Bonchev–Trinajstić information content (AvgIpc) is 2.25. The van der Waals surface area contributed by atoms with E-state index in [2.05, 4.69) is 15.9 Å². The highest BCUT2D eigenvalue weighted by atomic mass is 127. The van der Waals surface area contributed by atoms with E-state index in [0.29, 0.717) is 6.07 Å². The minimum atomic E-state index is -4.88. The van der Waals surface area contributed by atoms with Gasteiger partial charge in [0.15, 0.2) is 5.78 Å². The van der Waals surface area contributed by atoms with E-state index in [0.717, 1.165) is 6.07 Å². The Morgan fingerprint density at radius 3 is 2.39 bits per heavy atom. The zero-order chi connectivity index (χ0) is 14.1. The molecule has 0 radical (unpaired) electrons. The number of nitro benzene ring substituents is 1. The van der Waals surface area contributed by atoms with Crippen LogP contribution in [0.25, 0.3) is 0 Å². The molecule has 4 nitrogen and oxygen atoms in total. The van der Waals surface area contributed by atoms with Crippen LogP contribution in [0.15, 0.2) is 12.1 Å². The summed E-state index contributed by atoms with van der Waals surface area (Å²) in [7, 11) is 0. The number of rotatable bonds is 3. The van der Waals surface area contributed by atoms with E-state index < -0.39 is 28.1 Å². The van der Waals surface area contributed by atoms with Gasteiger partial charge in [0.2, 0.25) is 0 Å². The van der Waals surface area contributed by atoms with Crippen LogP contribution >= 0.6 is 38.5 Å². The second-order valence-corrected chi connectivity index (χ2v) is 4.89. The zero-order valence-corrected chi connectivity index (χ0v) is 12.2. The third-order valence-corrected chi connectivity index (χ3v) is 3.33. The van der Waals surface area contributed by atoms with Crippen molar-refractivity contribution in [3.8, 4) is 0 Å². The van der Waals surface area contributed by atoms with Gasteiger partial charge in [0.1, 0.15) is 5.56 Å². The van der Waals surface area contributed by atoms with Crippen LogP contribution in [0.4, 0.5) is 18.9 Å². The van der Waals surface area contributed by atoms with E-state index in [-0.39, 0.29) is 14.5 Å². The summed E-state index contributed by atoms with van der Waals surface area (Å²) in [6.07, 6.45) is -4.88. The molecule has 0 N–H and O–H groups in total. The molecule has 0 aliphatic heterocycles. The van der Waals surface area contributed by atoms with Crippen molar-refractivity contribution in [1.82, 2.24) is 0 Å². The molecule has 1 rings (SSSR count). The van der Waals surface area contributed by atoms with Crippen molar-refractivity contribution in [2.24, 2.45) is 0 Å². The third kappa shape index (κ3) is 3.19. The summed E-state index contributed by atoms with van der Waals surface area (Å²) in [6, 6.07) is 1.57. The van der Waals surface area contributed by atoms with Gasteiger partial charge < -0.3 is 0 Å². The van der Waals surface area contributed by atoms with Crippen molar-refractivity contribution in [1.29, 1.82) is 0 Å². The lowest BCUT2D eigenvalue weighted by atomic mass is 10.1. The fourth-order valence-electron chi connectivity index (χ4n) is 1.24. The number of nitro groups is 1. The Labute approximate surface area is 121 Å². The number of alkyl halides is 4. The van der Waals surface area contributed by atoms with Crippen LogP contribution in [0.3, 0.4) is 0 Å². The normalized spacial score (nSPS) is 11.4. The molecule has 0 atom stereocenters. The molecule has 0 amide bonds. The number of nitrogens with zero attached hydrogens (tertiary/aromatic N) is 1. The largest absolute Gasteiger partial charge is 0.423 e. The molecule has 9 heteroatoms. The first kappa shape index (κ1) is 15.3. The number of benzene rings is 1. The van der Waals surface area contributed by atoms with Crippen molar-refractivity contribution in [3.63, 3.8) is 0 Å². The Bertz CT molecular complexity index is 519. The lowest BCUT2D eigenvalue weighted by molar-refractivity contribution is -0.389. The second-order valence-electron chi connectivity index (χ2n) is 3.17. The summed E-state index contributed by atoms with van der Waals surface area (Å²) >= 11 is 4.24. The minimum absolute atomic E-state index is 0.155. The molecule has 0 bridgehead atoms. The van der Waals surface area contributed by atoms with Crippen LogP contribution in [0, 0.1) is 13.7 Å². The first-order valence-electron chi connectivity index (χ1n) is 4.32. The summed E-state index contributed by atoms with van der Waals surface area (Å²) in [5.41, 5.74) is -2.66. The molecule has 0 spiro atoms. The van der Waals surface area contributed by atoms with Crippen LogP contribution in [-0.2, 0) is 6.18 Å².